The standard InChI is InChI=1S/C13H16BrF3N2O/c1-2-3-11(18)12(20)19-7-8-4-5-9(14)6-10(8)13(15,16)17/h4-6,11H,2-3,7,18H2,1H3,(H,19,20). The summed E-state index contributed by atoms with van der Waals surface area (Å²) in [6.07, 6.45) is -3.23. The quantitative estimate of drug-likeness (QED) is 0.854. The first kappa shape index (κ1) is 17.0. The van der Waals surface area contributed by atoms with Gasteiger partial charge in [0.1, 0.15) is 0 Å². The van der Waals surface area contributed by atoms with Crippen LogP contribution in [0.1, 0.15) is 30.9 Å². The molecule has 3 N–H and O–H groups in total. The molecule has 3 nitrogen and oxygen atoms in total. The van der Waals surface area contributed by atoms with Crippen molar-refractivity contribution in [1.82, 2.24) is 5.32 Å². The van der Waals surface area contributed by atoms with Crippen LogP contribution in [-0.2, 0) is 17.5 Å². The van der Waals surface area contributed by atoms with Crippen LogP contribution in [0.3, 0.4) is 0 Å². The predicted octanol–water partition coefficient (Wildman–Crippen LogP) is 3.21. The predicted molar refractivity (Wildman–Crippen MR) is 73.9 cm³/mol. The average Bonchev–Trinajstić information content (AvgIpc) is 2.36. The van der Waals surface area contributed by atoms with Gasteiger partial charge in [-0.1, -0.05) is 35.3 Å². The third kappa shape index (κ3) is 4.79. The van der Waals surface area contributed by atoms with Gasteiger partial charge in [0, 0.05) is 11.0 Å². The molecule has 0 heterocycles. The fraction of sp³-hybridized carbons (Fsp3) is 0.462. The molecule has 0 aliphatic rings. The van der Waals surface area contributed by atoms with E-state index in [0.717, 1.165) is 12.5 Å². The van der Waals surface area contributed by atoms with Crippen molar-refractivity contribution in [3.05, 3.63) is 33.8 Å². The van der Waals surface area contributed by atoms with E-state index in [9.17, 15) is 18.0 Å². The zero-order valence-corrected chi connectivity index (χ0v) is 12.5. The van der Waals surface area contributed by atoms with Gasteiger partial charge in [0.25, 0.3) is 0 Å². The Morgan fingerprint density at radius 2 is 2.10 bits per heavy atom. The molecule has 1 amide bonds. The highest BCUT2D eigenvalue weighted by Crippen LogP contribution is 2.33. The number of carbonyl (C=O) groups is 1. The van der Waals surface area contributed by atoms with E-state index >= 15 is 0 Å². The Kier molecular flexibility index (Phi) is 6.01. The van der Waals surface area contributed by atoms with Gasteiger partial charge in [0.2, 0.25) is 5.91 Å². The maximum absolute atomic E-state index is 12.9. The molecule has 1 aromatic rings. The number of rotatable bonds is 5. The summed E-state index contributed by atoms with van der Waals surface area (Å²) in [6, 6.07) is 3.14. The molecule has 112 valence electrons. The molecule has 20 heavy (non-hydrogen) atoms. The van der Waals surface area contributed by atoms with Gasteiger partial charge < -0.3 is 11.1 Å². The van der Waals surface area contributed by atoms with Crippen molar-refractivity contribution in [2.24, 2.45) is 5.73 Å². The second-order valence-electron chi connectivity index (χ2n) is 4.41. The van der Waals surface area contributed by atoms with E-state index in [1.807, 2.05) is 6.92 Å². The van der Waals surface area contributed by atoms with Gasteiger partial charge in [0.15, 0.2) is 0 Å². The molecule has 0 fully saturated rings. The molecular formula is C13H16BrF3N2O. The van der Waals surface area contributed by atoms with Gasteiger partial charge in [-0.2, -0.15) is 13.2 Å². The van der Waals surface area contributed by atoms with Crippen LogP contribution in [0.2, 0.25) is 0 Å². The van der Waals surface area contributed by atoms with E-state index in [4.69, 9.17) is 5.73 Å². The lowest BCUT2D eigenvalue weighted by atomic mass is 10.1. The molecular weight excluding hydrogens is 337 g/mol. The summed E-state index contributed by atoms with van der Waals surface area (Å²) in [6.45, 7) is 1.68. The molecule has 0 aliphatic carbocycles. The van der Waals surface area contributed by atoms with Crippen LogP contribution in [0.25, 0.3) is 0 Å². The summed E-state index contributed by atoms with van der Waals surface area (Å²) in [5.74, 6) is -0.442. The van der Waals surface area contributed by atoms with E-state index in [-0.39, 0.29) is 12.1 Å². The highest BCUT2D eigenvalue weighted by Gasteiger charge is 2.33. The van der Waals surface area contributed by atoms with Gasteiger partial charge in [-0.3, -0.25) is 4.79 Å². The molecule has 1 rings (SSSR count). The molecule has 0 aliphatic heterocycles. The van der Waals surface area contributed by atoms with Crippen molar-refractivity contribution in [2.75, 3.05) is 0 Å². The number of hydrogen-bond donors (Lipinski definition) is 2. The Balaban J connectivity index is 2.81. The summed E-state index contributed by atoms with van der Waals surface area (Å²) in [5, 5.41) is 2.44. The lowest BCUT2D eigenvalue weighted by Gasteiger charge is -2.15. The summed E-state index contributed by atoms with van der Waals surface area (Å²) < 4.78 is 39.0. The minimum atomic E-state index is -4.46. The maximum atomic E-state index is 12.9. The fourth-order valence-corrected chi connectivity index (χ4v) is 2.08. The van der Waals surface area contributed by atoms with Crippen molar-refractivity contribution < 1.29 is 18.0 Å². The minimum absolute atomic E-state index is 0.0118. The fourth-order valence-electron chi connectivity index (χ4n) is 1.72. The molecule has 0 radical (unpaired) electrons. The van der Waals surface area contributed by atoms with Gasteiger partial charge in [-0.05, 0) is 24.1 Å². The molecule has 1 unspecified atom stereocenters. The third-order valence-electron chi connectivity index (χ3n) is 2.77. The number of hydrogen-bond acceptors (Lipinski definition) is 2. The smallest absolute Gasteiger partial charge is 0.351 e. The van der Waals surface area contributed by atoms with Crippen molar-refractivity contribution in [1.29, 1.82) is 0 Å². The first-order valence-corrected chi connectivity index (χ1v) is 6.94. The van der Waals surface area contributed by atoms with Gasteiger partial charge in [-0.25, -0.2) is 0 Å². The summed E-state index contributed by atoms with van der Waals surface area (Å²) in [7, 11) is 0. The Labute approximate surface area is 123 Å². The molecule has 1 aromatic carbocycles. The van der Waals surface area contributed by atoms with Gasteiger partial charge in [-0.15, -0.1) is 0 Å². The minimum Gasteiger partial charge on any atom is -0.351 e. The lowest BCUT2D eigenvalue weighted by molar-refractivity contribution is -0.138. The zero-order chi connectivity index (χ0) is 15.3. The van der Waals surface area contributed by atoms with Crippen LogP contribution in [0, 0.1) is 0 Å². The van der Waals surface area contributed by atoms with Crippen molar-refractivity contribution in [3.8, 4) is 0 Å². The first-order valence-electron chi connectivity index (χ1n) is 6.14. The molecule has 1 atom stereocenters. The molecule has 7 heteroatoms. The van der Waals surface area contributed by atoms with Crippen LogP contribution < -0.4 is 11.1 Å². The van der Waals surface area contributed by atoms with E-state index < -0.39 is 23.7 Å². The summed E-state index contributed by atoms with van der Waals surface area (Å²) >= 11 is 3.01. The van der Waals surface area contributed by atoms with Crippen LogP contribution in [-0.4, -0.2) is 11.9 Å². The maximum Gasteiger partial charge on any atom is 0.416 e. The van der Waals surface area contributed by atoms with E-state index in [2.05, 4.69) is 21.2 Å². The van der Waals surface area contributed by atoms with Crippen molar-refractivity contribution in [2.45, 2.75) is 38.5 Å². The average molecular weight is 353 g/mol. The van der Waals surface area contributed by atoms with Crippen LogP contribution in [0.4, 0.5) is 13.2 Å². The lowest BCUT2D eigenvalue weighted by Crippen LogP contribution is -2.40. The number of alkyl halides is 3. The number of carbonyl (C=O) groups excluding carboxylic acids is 1. The number of nitrogens with one attached hydrogen (secondary N) is 1. The third-order valence-corrected chi connectivity index (χ3v) is 3.26. The normalized spacial score (nSPS) is 13.1. The number of halogens is 4. The molecule has 0 saturated carbocycles. The second-order valence-corrected chi connectivity index (χ2v) is 5.33. The topological polar surface area (TPSA) is 55.1 Å². The molecule has 0 saturated heterocycles. The van der Waals surface area contributed by atoms with E-state index in [0.29, 0.717) is 10.9 Å². The molecule has 0 bridgehead atoms. The van der Waals surface area contributed by atoms with Crippen molar-refractivity contribution >= 4 is 21.8 Å². The van der Waals surface area contributed by atoms with Gasteiger partial charge in [0.05, 0.1) is 11.6 Å². The Hall–Kier alpha value is -1.08. The number of amides is 1. The Morgan fingerprint density at radius 3 is 2.65 bits per heavy atom. The highest BCUT2D eigenvalue weighted by atomic mass is 79.9. The van der Waals surface area contributed by atoms with E-state index in [1.165, 1.54) is 12.1 Å². The van der Waals surface area contributed by atoms with Crippen LogP contribution in [0.15, 0.2) is 22.7 Å². The van der Waals surface area contributed by atoms with Gasteiger partial charge >= 0.3 is 6.18 Å². The Bertz CT molecular complexity index is 477. The highest BCUT2D eigenvalue weighted by molar-refractivity contribution is 9.10. The van der Waals surface area contributed by atoms with E-state index in [1.54, 1.807) is 0 Å². The molecule has 0 aromatic heterocycles. The zero-order valence-electron chi connectivity index (χ0n) is 10.9. The van der Waals surface area contributed by atoms with Crippen molar-refractivity contribution in [3.63, 3.8) is 0 Å². The first-order chi connectivity index (χ1) is 9.25. The number of benzene rings is 1. The second kappa shape index (κ2) is 7.08. The summed E-state index contributed by atoms with van der Waals surface area (Å²) in [4.78, 5) is 11.6. The Morgan fingerprint density at radius 1 is 1.45 bits per heavy atom. The molecule has 0 spiro atoms. The summed E-state index contributed by atoms with van der Waals surface area (Å²) in [5.41, 5.74) is 4.84. The van der Waals surface area contributed by atoms with Crippen LogP contribution >= 0.6 is 15.9 Å². The number of nitrogens with two attached hydrogens (primary N) is 1. The van der Waals surface area contributed by atoms with Crippen LogP contribution in [0.5, 0.6) is 0 Å². The largest absolute Gasteiger partial charge is 0.416 e. The SMILES string of the molecule is CCCC(N)C(=O)NCc1ccc(Br)cc1C(F)(F)F. The monoisotopic (exact) mass is 352 g/mol.